The molecule has 0 fully saturated rings. The number of benzene rings is 10. The summed E-state index contributed by atoms with van der Waals surface area (Å²) in [6.07, 6.45) is 0. The van der Waals surface area contributed by atoms with Crippen LogP contribution in [0.5, 0.6) is 0 Å². The van der Waals surface area contributed by atoms with Crippen LogP contribution in [-0.4, -0.2) is 16.2 Å². The van der Waals surface area contributed by atoms with Gasteiger partial charge >= 0.3 is 0 Å². The Labute approximate surface area is 324 Å². The van der Waals surface area contributed by atoms with Crippen LogP contribution in [0.1, 0.15) is 31.0 Å². The van der Waals surface area contributed by atoms with E-state index in [-0.39, 0.29) is 6.04 Å². The van der Waals surface area contributed by atoms with Crippen LogP contribution in [0.4, 0.5) is 0 Å². The predicted molar refractivity (Wildman–Crippen MR) is 241 cm³/mol. The third kappa shape index (κ3) is 4.91. The molecule has 0 spiro atoms. The van der Waals surface area contributed by atoms with E-state index >= 15 is 0 Å². The van der Waals surface area contributed by atoms with E-state index in [9.17, 15) is 0 Å². The zero-order chi connectivity index (χ0) is 37.3. The lowest BCUT2D eigenvalue weighted by Crippen LogP contribution is -2.12. The number of fused-ring (bicyclic) bond motifs is 14. The van der Waals surface area contributed by atoms with Gasteiger partial charge in [0, 0.05) is 21.7 Å². The molecule has 3 nitrogen and oxygen atoms in total. The lowest BCUT2D eigenvalue weighted by Gasteiger charge is -2.15. The first-order valence-corrected chi connectivity index (χ1v) is 19.4. The van der Waals surface area contributed by atoms with Gasteiger partial charge in [0.1, 0.15) is 5.84 Å². The van der Waals surface area contributed by atoms with Crippen LogP contribution < -0.4 is 0 Å². The minimum atomic E-state index is -0.141. The van der Waals surface area contributed by atoms with Gasteiger partial charge in [0.2, 0.25) is 0 Å². The third-order valence-corrected chi connectivity index (χ3v) is 11.7. The molecular formula is C53H37N3. The third-order valence-electron chi connectivity index (χ3n) is 11.7. The number of nitrogens with zero attached hydrogens (tertiary/aromatic N) is 3. The van der Waals surface area contributed by atoms with Crippen molar-refractivity contribution in [2.45, 2.75) is 19.9 Å². The molecule has 0 aliphatic rings. The Hall–Kier alpha value is -7.10. The second-order valence-electron chi connectivity index (χ2n) is 14.9. The molecule has 1 atom stereocenters. The fourth-order valence-electron chi connectivity index (χ4n) is 9.26. The topological polar surface area (TPSA) is 29.6 Å². The van der Waals surface area contributed by atoms with E-state index in [4.69, 9.17) is 9.98 Å². The Bertz CT molecular complexity index is 3410. The second-order valence-corrected chi connectivity index (χ2v) is 14.9. The van der Waals surface area contributed by atoms with Crippen molar-refractivity contribution in [3.63, 3.8) is 0 Å². The lowest BCUT2D eigenvalue weighted by molar-refractivity contribution is 0.827. The first-order valence-electron chi connectivity index (χ1n) is 19.4. The van der Waals surface area contributed by atoms with Gasteiger partial charge in [-0.25, -0.2) is 4.99 Å². The van der Waals surface area contributed by atoms with E-state index in [1.54, 1.807) is 0 Å². The van der Waals surface area contributed by atoms with E-state index in [1.165, 1.54) is 70.2 Å². The molecule has 0 radical (unpaired) electrons. The molecule has 0 aliphatic heterocycles. The van der Waals surface area contributed by atoms with Crippen molar-refractivity contribution in [1.29, 1.82) is 0 Å². The first kappa shape index (κ1) is 32.3. The maximum absolute atomic E-state index is 5.59. The molecule has 3 heteroatoms. The standard InChI is InChI=1S/C53H37N3/c1-33(38-27-13-18-35-15-3-6-20-39(35)38)54-53(47-28-14-19-36-16-4-7-21-40(36)47)55-34(2)56-48-31-29-37-17-5-8-22-41(37)51(48)52-49(56)32-30-46-44-25-10-9-23-42(44)43-24-11-12-26-45(43)50(46)52/h3-33H,1-2H3. The van der Waals surface area contributed by atoms with Crippen molar-refractivity contribution in [3.05, 3.63) is 193 Å². The summed E-state index contributed by atoms with van der Waals surface area (Å²) in [5.41, 5.74) is 4.46. The average molecular weight is 716 g/mol. The van der Waals surface area contributed by atoms with E-state index in [0.29, 0.717) is 5.84 Å². The van der Waals surface area contributed by atoms with Gasteiger partial charge in [-0.2, -0.15) is 0 Å². The molecule has 0 aliphatic carbocycles. The summed E-state index contributed by atoms with van der Waals surface area (Å²) in [6.45, 7) is 4.33. The van der Waals surface area contributed by atoms with Gasteiger partial charge in [0.15, 0.2) is 5.84 Å². The summed E-state index contributed by atoms with van der Waals surface area (Å²) in [6, 6.07) is 65.6. The molecule has 1 aromatic heterocycles. The Morgan fingerprint density at radius 3 is 1.61 bits per heavy atom. The lowest BCUT2D eigenvalue weighted by atomic mass is 9.91. The van der Waals surface area contributed by atoms with Crippen molar-refractivity contribution >= 4 is 98.1 Å². The second kappa shape index (κ2) is 12.8. The number of aromatic nitrogens is 1. The molecule has 0 saturated carbocycles. The van der Waals surface area contributed by atoms with Gasteiger partial charge in [-0.1, -0.05) is 170 Å². The number of rotatable bonds is 3. The van der Waals surface area contributed by atoms with E-state index in [0.717, 1.165) is 33.2 Å². The van der Waals surface area contributed by atoms with Crippen LogP contribution >= 0.6 is 0 Å². The molecule has 264 valence electrons. The Balaban J connectivity index is 1.24. The van der Waals surface area contributed by atoms with Crippen LogP contribution in [0, 0.1) is 0 Å². The fraction of sp³-hybridized carbons (Fsp3) is 0.0566. The zero-order valence-corrected chi connectivity index (χ0v) is 31.2. The van der Waals surface area contributed by atoms with Gasteiger partial charge in [-0.15, -0.1) is 0 Å². The highest BCUT2D eigenvalue weighted by Crippen LogP contribution is 2.44. The van der Waals surface area contributed by atoms with Crippen molar-refractivity contribution in [2.24, 2.45) is 9.98 Å². The average Bonchev–Trinajstić information content (AvgIpc) is 3.61. The maximum Gasteiger partial charge on any atom is 0.157 e. The van der Waals surface area contributed by atoms with Crippen LogP contribution in [0.25, 0.3) is 86.4 Å². The van der Waals surface area contributed by atoms with E-state index in [2.05, 4.69) is 200 Å². The zero-order valence-electron chi connectivity index (χ0n) is 31.2. The number of hydrogen-bond donors (Lipinski definition) is 0. The van der Waals surface area contributed by atoms with Crippen LogP contribution in [0.15, 0.2) is 192 Å². The monoisotopic (exact) mass is 715 g/mol. The van der Waals surface area contributed by atoms with Gasteiger partial charge in [-0.05, 0) is 90.8 Å². The maximum atomic E-state index is 5.59. The predicted octanol–water partition coefficient (Wildman–Crippen LogP) is 14.2. The number of amidine groups is 1. The SMILES string of the molecule is CC(=NC(=NC(C)c1cccc2ccccc12)c1cccc2ccccc12)n1c2ccc3ccccc3c2c2c3c4ccccc4c4ccccc4c3ccc21. The summed E-state index contributed by atoms with van der Waals surface area (Å²) in [5.74, 6) is 1.58. The van der Waals surface area contributed by atoms with Crippen molar-refractivity contribution in [2.75, 3.05) is 0 Å². The van der Waals surface area contributed by atoms with E-state index < -0.39 is 0 Å². The highest BCUT2D eigenvalue weighted by atomic mass is 15.1. The molecule has 11 aromatic rings. The molecule has 0 amide bonds. The fourth-order valence-corrected chi connectivity index (χ4v) is 9.26. The molecular weight excluding hydrogens is 679 g/mol. The molecule has 1 unspecified atom stereocenters. The molecule has 10 aromatic carbocycles. The summed E-state index contributed by atoms with van der Waals surface area (Å²) >= 11 is 0. The summed E-state index contributed by atoms with van der Waals surface area (Å²) < 4.78 is 2.36. The number of hydrogen-bond acceptors (Lipinski definition) is 1. The molecule has 1 heterocycles. The normalized spacial score (nSPS) is 13.3. The van der Waals surface area contributed by atoms with Crippen molar-refractivity contribution in [3.8, 4) is 0 Å². The molecule has 56 heavy (non-hydrogen) atoms. The van der Waals surface area contributed by atoms with Gasteiger partial charge in [0.25, 0.3) is 0 Å². The Morgan fingerprint density at radius 2 is 0.893 bits per heavy atom. The van der Waals surface area contributed by atoms with Crippen molar-refractivity contribution < 1.29 is 0 Å². The molecule has 0 saturated heterocycles. The molecule has 0 bridgehead atoms. The summed E-state index contributed by atoms with van der Waals surface area (Å²) in [7, 11) is 0. The van der Waals surface area contributed by atoms with E-state index in [1.807, 2.05) is 0 Å². The summed E-state index contributed by atoms with van der Waals surface area (Å²) in [4.78, 5) is 11.1. The van der Waals surface area contributed by atoms with Crippen LogP contribution in [0.3, 0.4) is 0 Å². The minimum Gasteiger partial charge on any atom is -0.297 e. The largest absolute Gasteiger partial charge is 0.297 e. The quantitative estimate of drug-likeness (QED) is 0.0990. The molecule has 0 N–H and O–H groups in total. The van der Waals surface area contributed by atoms with Gasteiger partial charge in [-0.3, -0.25) is 9.56 Å². The smallest absolute Gasteiger partial charge is 0.157 e. The van der Waals surface area contributed by atoms with Gasteiger partial charge in [0.05, 0.1) is 17.1 Å². The first-order chi connectivity index (χ1) is 27.6. The van der Waals surface area contributed by atoms with Gasteiger partial charge < -0.3 is 0 Å². The summed E-state index contributed by atoms with van der Waals surface area (Å²) in [5, 5.41) is 17.3. The highest BCUT2D eigenvalue weighted by Gasteiger charge is 2.21. The van der Waals surface area contributed by atoms with Crippen LogP contribution in [0.2, 0.25) is 0 Å². The molecule has 11 rings (SSSR count). The van der Waals surface area contributed by atoms with Crippen molar-refractivity contribution in [1.82, 2.24) is 4.57 Å². The Morgan fingerprint density at radius 1 is 0.411 bits per heavy atom. The highest BCUT2D eigenvalue weighted by molar-refractivity contribution is 6.38. The number of aliphatic imine (C=N–C) groups is 2. The van der Waals surface area contributed by atoms with Crippen LogP contribution in [-0.2, 0) is 0 Å². The Kier molecular flexibility index (Phi) is 7.36. The minimum absolute atomic E-state index is 0.141.